The Kier molecular flexibility index (Phi) is 4.25. The van der Waals surface area contributed by atoms with Crippen LogP contribution in [0.25, 0.3) is 0 Å². The largest absolute Gasteiger partial charge is 0.469 e. The molecule has 0 unspecified atom stereocenters. The molecule has 0 saturated carbocycles. The molecule has 0 heterocycles. The van der Waals surface area contributed by atoms with E-state index in [-0.39, 0.29) is 12.4 Å². The average molecular weight is 271 g/mol. The van der Waals surface area contributed by atoms with Crippen LogP contribution in [-0.4, -0.2) is 13.1 Å². The first-order valence-corrected chi connectivity index (χ1v) is 6.28. The van der Waals surface area contributed by atoms with E-state index in [0.29, 0.717) is 11.4 Å². The number of esters is 1. The van der Waals surface area contributed by atoms with E-state index in [9.17, 15) is 4.79 Å². The van der Waals surface area contributed by atoms with Crippen molar-refractivity contribution >= 4 is 11.7 Å². The second-order valence-corrected chi connectivity index (χ2v) is 4.52. The number of carbonyl (C=O) groups excluding carboxylic acids is 1. The third-order valence-electron chi connectivity index (χ3n) is 2.93. The van der Waals surface area contributed by atoms with Crippen molar-refractivity contribution in [2.75, 3.05) is 12.8 Å². The van der Waals surface area contributed by atoms with Gasteiger partial charge in [-0.1, -0.05) is 12.1 Å². The van der Waals surface area contributed by atoms with Crippen LogP contribution in [0.1, 0.15) is 11.1 Å². The summed E-state index contributed by atoms with van der Waals surface area (Å²) < 4.78 is 10.4. The fourth-order valence-corrected chi connectivity index (χ4v) is 1.83. The van der Waals surface area contributed by atoms with Crippen LogP contribution in [0.3, 0.4) is 0 Å². The van der Waals surface area contributed by atoms with Crippen molar-refractivity contribution < 1.29 is 14.3 Å². The fraction of sp³-hybridized carbons (Fsp3) is 0.188. The predicted octanol–water partition coefficient (Wildman–Crippen LogP) is 3.09. The zero-order valence-electron chi connectivity index (χ0n) is 11.6. The minimum Gasteiger partial charge on any atom is -0.469 e. The van der Waals surface area contributed by atoms with Gasteiger partial charge in [-0.3, -0.25) is 4.79 Å². The van der Waals surface area contributed by atoms with Crippen LogP contribution in [-0.2, 0) is 16.0 Å². The van der Waals surface area contributed by atoms with Crippen molar-refractivity contribution in [3.05, 3.63) is 53.6 Å². The summed E-state index contributed by atoms with van der Waals surface area (Å²) >= 11 is 0. The first-order chi connectivity index (χ1) is 9.58. The number of rotatable bonds is 4. The van der Waals surface area contributed by atoms with Crippen LogP contribution in [0.2, 0.25) is 0 Å². The van der Waals surface area contributed by atoms with E-state index >= 15 is 0 Å². The summed E-state index contributed by atoms with van der Waals surface area (Å²) in [5.41, 5.74) is 8.28. The Balaban J connectivity index is 2.08. The first-order valence-electron chi connectivity index (χ1n) is 6.28. The van der Waals surface area contributed by atoms with Gasteiger partial charge in [0.15, 0.2) is 0 Å². The van der Waals surface area contributed by atoms with Gasteiger partial charge < -0.3 is 15.2 Å². The summed E-state index contributed by atoms with van der Waals surface area (Å²) in [7, 11) is 1.38. The van der Waals surface area contributed by atoms with Gasteiger partial charge in [0.25, 0.3) is 0 Å². The molecular weight excluding hydrogens is 254 g/mol. The fourth-order valence-electron chi connectivity index (χ4n) is 1.83. The summed E-state index contributed by atoms with van der Waals surface area (Å²) in [6.45, 7) is 1.94. The summed E-state index contributed by atoms with van der Waals surface area (Å²) in [4.78, 5) is 11.2. The predicted molar refractivity (Wildman–Crippen MR) is 77.8 cm³/mol. The maximum atomic E-state index is 11.2. The van der Waals surface area contributed by atoms with E-state index in [1.165, 1.54) is 7.11 Å². The molecule has 0 saturated heterocycles. The number of nitrogens with two attached hydrogens (primary N) is 1. The monoisotopic (exact) mass is 271 g/mol. The third-order valence-corrected chi connectivity index (χ3v) is 2.93. The van der Waals surface area contributed by atoms with Crippen LogP contribution >= 0.6 is 0 Å². The zero-order valence-corrected chi connectivity index (χ0v) is 11.6. The number of hydrogen-bond acceptors (Lipinski definition) is 4. The lowest BCUT2D eigenvalue weighted by molar-refractivity contribution is -0.139. The molecule has 2 aromatic carbocycles. The SMILES string of the molecule is COC(=O)Cc1ccc(Oc2ccc(N)cc2C)cc1. The van der Waals surface area contributed by atoms with Crippen molar-refractivity contribution in [1.82, 2.24) is 0 Å². The van der Waals surface area contributed by atoms with Crippen molar-refractivity contribution in [3.63, 3.8) is 0 Å². The highest BCUT2D eigenvalue weighted by atomic mass is 16.5. The lowest BCUT2D eigenvalue weighted by atomic mass is 10.1. The van der Waals surface area contributed by atoms with Crippen molar-refractivity contribution in [2.45, 2.75) is 13.3 Å². The molecule has 0 aliphatic heterocycles. The summed E-state index contributed by atoms with van der Waals surface area (Å²) in [6, 6.07) is 12.8. The molecule has 20 heavy (non-hydrogen) atoms. The molecule has 0 atom stereocenters. The van der Waals surface area contributed by atoms with Gasteiger partial charge in [0.2, 0.25) is 0 Å². The number of anilines is 1. The molecular formula is C16H17NO3. The molecule has 0 bridgehead atoms. The Hall–Kier alpha value is -2.49. The molecule has 2 N–H and O–H groups in total. The molecule has 0 aliphatic rings. The Morgan fingerprint density at radius 1 is 1.15 bits per heavy atom. The van der Waals surface area contributed by atoms with Crippen molar-refractivity contribution in [1.29, 1.82) is 0 Å². The summed E-state index contributed by atoms with van der Waals surface area (Å²) in [5, 5.41) is 0. The van der Waals surface area contributed by atoms with Crippen LogP contribution in [0, 0.1) is 6.92 Å². The van der Waals surface area contributed by atoms with E-state index in [1.807, 2.05) is 43.3 Å². The molecule has 2 aromatic rings. The maximum absolute atomic E-state index is 11.2. The normalized spacial score (nSPS) is 10.1. The highest BCUT2D eigenvalue weighted by Crippen LogP contribution is 2.26. The Morgan fingerprint density at radius 3 is 2.45 bits per heavy atom. The number of nitrogen functional groups attached to an aromatic ring is 1. The number of hydrogen-bond donors (Lipinski definition) is 1. The molecule has 4 heteroatoms. The molecule has 0 aliphatic carbocycles. The van der Waals surface area contributed by atoms with Gasteiger partial charge in [0.1, 0.15) is 11.5 Å². The Morgan fingerprint density at radius 2 is 1.85 bits per heavy atom. The standard InChI is InChI=1S/C16H17NO3/c1-11-9-13(17)5-8-15(11)20-14-6-3-12(4-7-14)10-16(18)19-2/h3-9H,10,17H2,1-2H3. The molecule has 0 amide bonds. The van der Waals surface area contributed by atoms with Gasteiger partial charge in [-0.25, -0.2) is 0 Å². The van der Waals surface area contributed by atoms with Crippen molar-refractivity contribution in [2.24, 2.45) is 0 Å². The lowest BCUT2D eigenvalue weighted by Crippen LogP contribution is -2.04. The minimum absolute atomic E-state index is 0.256. The Bertz CT molecular complexity index is 606. The smallest absolute Gasteiger partial charge is 0.309 e. The molecule has 2 rings (SSSR count). The van der Waals surface area contributed by atoms with Gasteiger partial charge in [-0.05, 0) is 48.4 Å². The summed E-state index contributed by atoms with van der Waals surface area (Å²) in [5.74, 6) is 1.22. The molecule has 0 fully saturated rings. The second kappa shape index (κ2) is 6.10. The van der Waals surface area contributed by atoms with E-state index in [2.05, 4.69) is 4.74 Å². The van der Waals surface area contributed by atoms with Crippen LogP contribution < -0.4 is 10.5 Å². The van der Waals surface area contributed by atoms with E-state index in [1.54, 1.807) is 6.07 Å². The van der Waals surface area contributed by atoms with Gasteiger partial charge in [-0.15, -0.1) is 0 Å². The minimum atomic E-state index is -0.256. The number of aryl methyl sites for hydroxylation is 1. The molecule has 4 nitrogen and oxygen atoms in total. The van der Waals surface area contributed by atoms with E-state index < -0.39 is 0 Å². The maximum Gasteiger partial charge on any atom is 0.309 e. The quantitative estimate of drug-likeness (QED) is 0.685. The molecule has 104 valence electrons. The number of benzene rings is 2. The molecule has 0 aromatic heterocycles. The van der Waals surface area contributed by atoms with Crippen LogP contribution in [0.4, 0.5) is 5.69 Å². The van der Waals surface area contributed by atoms with Crippen molar-refractivity contribution in [3.8, 4) is 11.5 Å². The lowest BCUT2D eigenvalue weighted by Gasteiger charge is -2.09. The number of methoxy groups -OCH3 is 1. The Labute approximate surface area is 118 Å². The number of ether oxygens (including phenoxy) is 2. The van der Waals surface area contributed by atoms with E-state index in [4.69, 9.17) is 10.5 Å². The number of carbonyl (C=O) groups is 1. The van der Waals surface area contributed by atoms with Gasteiger partial charge in [-0.2, -0.15) is 0 Å². The highest BCUT2D eigenvalue weighted by Gasteiger charge is 2.05. The topological polar surface area (TPSA) is 61.5 Å². The molecule has 0 radical (unpaired) electrons. The third kappa shape index (κ3) is 3.51. The zero-order chi connectivity index (χ0) is 14.5. The highest BCUT2D eigenvalue weighted by molar-refractivity contribution is 5.72. The average Bonchev–Trinajstić information content (AvgIpc) is 2.44. The van der Waals surface area contributed by atoms with E-state index in [0.717, 1.165) is 16.9 Å². The summed E-state index contributed by atoms with van der Waals surface area (Å²) in [6.07, 6.45) is 0.262. The van der Waals surface area contributed by atoms with Gasteiger partial charge in [0.05, 0.1) is 13.5 Å². The van der Waals surface area contributed by atoms with Crippen LogP contribution in [0.15, 0.2) is 42.5 Å². The second-order valence-electron chi connectivity index (χ2n) is 4.52. The van der Waals surface area contributed by atoms with Gasteiger partial charge >= 0.3 is 5.97 Å². The first kappa shape index (κ1) is 13.9. The van der Waals surface area contributed by atoms with Crippen LogP contribution in [0.5, 0.6) is 11.5 Å². The molecule has 0 spiro atoms. The van der Waals surface area contributed by atoms with Gasteiger partial charge in [0, 0.05) is 5.69 Å².